The van der Waals surface area contributed by atoms with Crippen molar-refractivity contribution >= 4 is 34.0 Å². The lowest BCUT2D eigenvalue weighted by Crippen LogP contribution is -2.44. The molecule has 0 spiro atoms. The van der Waals surface area contributed by atoms with E-state index >= 15 is 0 Å². The van der Waals surface area contributed by atoms with Gasteiger partial charge in [0.15, 0.2) is 5.13 Å². The number of hydrogen-bond donors (Lipinski definition) is 2. The van der Waals surface area contributed by atoms with Crippen molar-refractivity contribution in [2.75, 3.05) is 50.0 Å². The Kier molecular flexibility index (Phi) is 7.69. The summed E-state index contributed by atoms with van der Waals surface area (Å²) in [6.07, 6.45) is -0.576. The highest BCUT2D eigenvalue weighted by molar-refractivity contribution is 7.15. The first-order chi connectivity index (χ1) is 16.3. The Labute approximate surface area is 199 Å². The molecule has 2 aliphatic heterocycles. The molecule has 184 valence electrons. The van der Waals surface area contributed by atoms with Gasteiger partial charge in [0.1, 0.15) is 16.5 Å². The summed E-state index contributed by atoms with van der Waals surface area (Å²) in [5, 5.41) is 6.45. The number of piperidine rings is 1. The summed E-state index contributed by atoms with van der Waals surface area (Å²) in [6, 6.07) is 3.77. The van der Waals surface area contributed by atoms with E-state index in [-0.39, 0.29) is 17.1 Å². The fraction of sp³-hybridized carbons (Fsp3) is 0.500. The van der Waals surface area contributed by atoms with Crippen LogP contribution in [0, 0.1) is 0 Å². The van der Waals surface area contributed by atoms with Gasteiger partial charge in [0.2, 0.25) is 5.91 Å². The zero-order valence-corrected chi connectivity index (χ0v) is 19.4. The Bertz CT molecular complexity index is 1010. The lowest BCUT2D eigenvalue weighted by Gasteiger charge is -2.33. The number of thiazole rings is 1. The minimum Gasteiger partial charge on any atom is -0.379 e. The van der Waals surface area contributed by atoms with Crippen molar-refractivity contribution in [3.8, 4) is 0 Å². The molecule has 1 amide bonds. The summed E-state index contributed by atoms with van der Waals surface area (Å²) >= 11 is 0.536. The number of hydrogen-bond acceptors (Lipinski definition) is 8. The van der Waals surface area contributed by atoms with Crippen LogP contribution in [0.4, 0.5) is 29.9 Å². The predicted octanol–water partition coefficient (Wildman–Crippen LogP) is 3.72. The van der Waals surface area contributed by atoms with Crippen LogP contribution >= 0.6 is 11.3 Å². The molecule has 4 rings (SSSR count). The first-order valence-electron chi connectivity index (χ1n) is 11.1. The normalized spacial score (nSPS) is 19.6. The third-order valence-corrected chi connectivity index (χ3v) is 6.63. The minimum absolute atomic E-state index is 0.00771. The lowest BCUT2D eigenvalue weighted by atomic mass is 10.1. The molecule has 2 saturated heterocycles. The second kappa shape index (κ2) is 10.7. The SMILES string of the molecule is C=CC(=O)N1CCCC(Nc2cc(CN3CCOCC3)cc(Nc3ncc(C(F)(F)F)s3)n2)C1. The second-order valence-corrected chi connectivity index (χ2v) is 9.29. The molecule has 12 heteroatoms. The Balaban J connectivity index is 1.53. The smallest absolute Gasteiger partial charge is 0.379 e. The molecule has 34 heavy (non-hydrogen) atoms. The number of aromatic nitrogens is 2. The number of ether oxygens (including phenoxy) is 1. The zero-order valence-electron chi connectivity index (χ0n) is 18.6. The summed E-state index contributed by atoms with van der Waals surface area (Å²) in [7, 11) is 0. The first-order valence-corrected chi connectivity index (χ1v) is 11.9. The van der Waals surface area contributed by atoms with E-state index in [1.807, 2.05) is 12.1 Å². The van der Waals surface area contributed by atoms with E-state index in [1.165, 1.54) is 6.08 Å². The van der Waals surface area contributed by atoms with Crippen LogP contribution in [-0.2, 0) is 22.3 Å². The number of carbonyl (C=O) groups is 1. The van der Waals surface area contributed by atoms with Gasteiger partial charge in [-0.25, -0.2) is 9.97 Å². The van der Waals surface area contributed by atoms with Gasteiger partial charge in [-0.3, -0.25) is 9.69 Å². The van der Waals surface area contributed by atoms with Gasteiger partial charge in [0.25, 0.3) is 0 Å². The summed E-state index contributed by atoms with van der Waals surface area (Å²) in [4.78, 5) is 23.7. The van der Waals surface area contributed by atoms with Crippen molar-refractivity contribution in [2.24, 2.45) is 0 Å². The van der Waals surface area contributed by atoms with Crippen molar-refractivity contribution in [2.45, 2.75) is 31.6 Å². The van der Waals surface area contributed by atoms with E-state index in [4.69, 9.17) is 4.74 Å². The van der Waals surface area contributed by atoms with E-state index in [0.29, 0.717) is 55.8 Å². The number of carbonyl (C=O) groups excluding carboxylic acids is 1. The van der Waals surface area contributed by atoms with Crippen LogP contribution in [0.2, 0.25) is 0 Å². The van der Waals surface area contributed by atoms with Crippen LogP contribution in [0.15, 0.2) is 31.0 Å². The van der Waals surface area contributed by atoms with E-state index in [9.17, 15) is 18.0 Å². The van der Waals surface area contributed by atoms with Crippen LogP contribution < -0.4 is 10.6 Å². The molecule has 0 saturated carbocycles. The summed E-state index contributed by atoms with van der Waals surface area (Å²) in [5.74, 6) is 0.900. The van der Waals surface area contributed by atoms with E-state index < -0.39 is 11.1 Å². The van der Waals surface area contributed by atoms with Crippen molar-refractivity contribution < 1.29 is 22.7 Å². The van der Waals surface area contributed by atoms with Gasteiger partial charge < -0.3 is 20.3 Å². The number of halogens is 3. The molecule has 4 heterocycles. The zero-order chi connectivity index (χ0) is 24.1. The molecule has 2 fully saturated rings. The summed E-state index contributed by atoms with van der Waals surface area (Å²) < 4.78 is 44.3. The number of morpholine rings is 1. The van der Waals surface area contributed by atoms with Gasteiger partial charge in [-0.1, -0.05) is 17.9 Å². The molecule has 0 bridgehead atoms. The van der Waals surface area contributed by atoms with Gasteiger partial charge in [0.05, 0.1) is 19.4 Å². The third-order valence-electron chi connectivity index (χ3n) is 5.67. The molecular weight excluding hydrogens is 469 g/mol. The standard InChI is InChI=1S/C22H27F3N6O2S/c1-2-20(32)31-5-3-4-16(14-31)27-18-10-15(13-30-6-8-33-9-7-30)11-19(28-18)29-21-26-12-17(34-21)22(23,24)25/h2,10-12,16H,1,3-9,13-14H2,(H2,26,27,28,29). The maximum Gasteiger partial charge on any atom is 0.427 e. The van der Waals surface area contributed by atoms with Crippen molar-refractivity contribution in [3.05, 3.63) is 41.4 Å². The van der Waals surface area contributed by atoms with E-state index in [0.717, 1.165) is 37.7 Å². The van der Waals surface area contributed by atoms with Crippen LogP contribution in [0.1, 0.15) is 23.3 Å². The Hall–Kier alpha value is -2.70. The second-order valence-electron chi connectivity index (χ2n) is 8.26. The molecule has 0 aromatic carbocycles. The Morgan fingerprint density at radius 2 is 2.03 bits per heavy atom. The van der Waals surface area contributed by atoms with Crippen LogP contribution in [0.25, 0.3) is 0 Å². The molecule has 1 unspecified atom stereocenters. The molecule has 2 N–H and O–H groups in total. The number of nitrogens with zero attached hydrogens (tertiary/aromatic N) is 4. The first kappa shape index (κ1) is 24.4. The fourth-order valence-corrected chi connectivity index (χ4v) is 4.73. The quantitative estimate of drug-likeness (QED) is 0.566. The number of rotatable bonds is 7. The molecule has 2 aromatic heterocycles. The largest absolute Gasteiger partial charge is 0.427 e. The number of likely N-dealkylation sites (tertiary alicyclic amines) is 1. The monoisotopic (exact) mass is 496 g/mol. The number of amides is 1. The van der Waals surface area contributed by atoms with Crippen molar-refractivity contribution in [1.82, 2.24) is 19.8 Å². The van der Waals surface area contributed by atoms with Gasteiger partial charge in [-0.05, 0) is 36.6 Å². The average molecular weight is 497 g/mol. The van der Waals surface area contributed by atoms with Crippen LogP contribution in [-0.4, -0.2) is 71.1 Å². The maximum absolute atomic E-state index is 13.0. The number of anilines is 3. The highest BCUT2D eigenvalue weighted by atomic mass is 32.1. The predicted molar refractivity (Wildman–Crippen MR) is 124 cm³/mol. The van der Waals surface area contributed by atoms with Crippen LogP contribution in [0.3, 0.4) is 0 Å². The number of pyridine rings is 1. The van der Waals surface area contributed by atoms with Crippen molar-refractivity contribution in [1.29, 1.82) is 0 Å². The average Bonchev–Trinajstić information content (AvgIpc) is 3.28. The molecule has 1 atom stereocenters. The van der Waals surface area contributed by atoms with Gasteiger partial charge in [-0.15, -0.1) is 0 Å². The highest BCUT2D eigenvalue weighted by Gasteiger charge is 2.33. The lowest BCUT2D eigenvalue weighted by molar-refractivity contribution is -0.134. The highest BCUT2D eigenvalue weighted by Crippen LogP contribution is 2.36. The molecule has 0 radical (unpaired) electrons. The Morgan fingerprint density at radius 3 is 2.74 bits per heavy atom. The summed E-state index contributed by atoms with van der Waals surface area (Å²) in [5.41, 5.74) is 0.962. The number of nitrogens with one attached hydrogen (secondary N) is 2. The molecule has 2 aliphatic rings. The summed E-state index contributed by atoms with van der Waals surface area (Å²) in [6.45, 7) is 8.37. The topological polar surface area (TPSA) is 82.6 Å². The maximum atomic E-state index is 13.0. The molecule has 0 aliphatic carbocycles. The minimum atomic E-state index is -4.44. The van der Waals surface area contributed by atoms with Gasteiger partial charge in [0, 0.05) is 38.8 Å². The van der Waals surface area contributed by atoms with E-state index in [2.05, 4.69) is 32.1 Å². The molecular formula is C22H27F3N6O2S. The van der Waals surface area contributed by atoms with Crippen LogP contribution in [0.5, 0.6) is 0 Å². The van der Waals surface area contributed by atoms with Gasteiger partial charge >= 0.3 is 6.18 Å². The molecule has 2 aromatic rings. The fourth-order valence-electron chi connectivity index (χ4n) is 4.04. The number of alkyl halides is 3. The third kappa shape index (κ3) is 6.45. The van der Waals surface area contributed by atoms with E-state index in [1.54, 1.807) is 4.90 Å². The Morgan fingerprint density at radius 1 is 1.26 bits per heavy atom. The molecule has 8 nitrogen and oxygen atoms in total. The van der Waals surface area contributed by atoms with Crippen molar-refractivity contribution in [3.63, 3.8) is 0 Å². The van der Waals surface area contributed by atoms with Gasteiger partial charge in [-0.2, -0.15) is 13.2 Å².